The van der Waals surface area contributed by atoms with Gasteiger partial charge in [0.25, 0.3) is 5.56 Å². The number of para-hydroxylation sites is 1. The lowest BCUT2D eigenvalue weighted by molar-refractivity contribution is -0.132. The van der Waals surface area contributed by atoms with Crippen LogP contribution in [-0.4, -0.2) is 36.1 Å². The lowest BCUT2D eigenvalue weighted by Gasteiger charge is -2.13. The van der Waals surface area contributed by atoms with E-state index in [-0.39, 0.29) is 11.4 Å². The van der Waals surface area contributed by atoms with Crippen molar-refractivity contribution in [2.45, 2.75) is 13.3 Å². The standard InChI is InChI=1S/C30H25N3O6/c1-5-9-20-14-19(15-26(37-4)28(20)38-18(2)34)17-31-33-29(32-23-11-7-6-10-21(23)30(33)35)27-16-22-24(36-3)12-8-13-25(22)39-27/h5-8,10-17H,1,9H2,2-4H3. The largest absolute Gasteiger partial charge is 0.496 e. The number of carbonyl (C=O) groups is 1. The number of ether oxygens (including phenoxy) is 3. The van der Waals surface area contributed by atoms with Gasteiger partial charge < -0.3 is 18.6 Å². The van der Waals surface area contributed by atoms with Crippen molar-refractivity contribution in [3.8, 4) is 28.8 Å². The van der Waals surface area contributed by atoms with Crippen LogP contribution in [0.1, 0.15) is 18.1 Å². The molecule has 2 heterocycles. The molecule has 0 aliphatic rings. The minimum Gasteiger partial charge on any atom is -0.496 e. The molecule has 5 rings (SSSR count). The van der Waals surface area contributed by atoms with Crippen LogP contribution in [0.15, 0.2) is 87.6 Å². The van der Waals surface area contributed by atoms with Crippen molar-refractivity contribution in [1.82, 2.24) is 9.66 Å². The lowest BCUT2D eigenvalue weighted by Crippen LogP contribution is -2.20. The predicted octanol–water partition coefficient (Wildman–Crippen LogP) is 5.36. The van der Waals surface area contributed by atoms with E-state index in [4.69, 9.17) is 23.6 Å². The van der Waals surface area contributed by atoms with Crippen molar-refractivity contribution in [2.75, 3.05) is 14.2 Å². The number of furan rings is 1. The molecule has 0 aliphatic carbocycles. The number of allylic oxidation sites excluding steroid dienone is 1. The fourth-order valence-electron chi connectivity index (χ4n) is 4.31. The summed E-state index contributed by atoms with van der Waals surface area (Å²) >= 11 is 0. The molecular formula is C30H25N3O6. The van der Waals surface area contributed by atoms with E-state index in [1.165, 1.54) is 24.9 Å². The molecule has 5 aromatic rings. The van der Waals surface area contributed by atoms with Gasteiger partial charge in [-0.1, -0.05) is 24.3 Å². The van der Waals surface area contributed by atoms with Crippen molar-refractivity contribution in [1.29, 1.82) is 0 Å². The molecule has 0 unspecified atom stereocenters. The first kappa shape index (κ1) is 25.5. The van der Waals surface area contributed by atoms with E-state index in [0.717, 1.165) is 5.39 Å². The van der Waals surface area contributed by atoms with E-state index in [1.54, 1.807) is 49.6 Å². The molecule has 9 nitrogen and oxygen atoms in total. The van der Waals surface area contributed by atoms with Crippen LogP contribution in [0.2, 0.25) is 0 Å². The van der Waals surface area contributed by atoms with Crippen LogP contribution < -0.4 is 19.8 Å². The van der Waals surface area contributed by atoms with E-state index < -0.39 is 5.97 Å². The summed E-state index contributed by atoms with van der Waals surface area (Å²) in [5, 5.41) is 5.67. The quantitative estimate of drug-likeness (QED) is 0.117. The highest BCUT2D eigenvalue weighted by Gasteiger charge is 2.18. The van der Waals surface area contributed by atoms with Crippen LogP contribution in [0.5, 0.6) is 17.2 Å². The zero-order valence-electron chi connectivity index (χ0n) is 21.6. The second kappa shape index (κ2) is 10.7. The summed E-state index contributed by atoms with van der Waals surface area (Å²) in [5.41, 5.74) is 2.01. The molecule has 9 heteroatoms. The van der Waals surface area contributed by atoms with Crippen molar-refractivity contribution >= 4 is 34.1 Å². The number of carbonyl (C=O) groups excluding carboxylic acids is 1. The Balaban J connectivity index is 1.69. The molecule has 0 saturated carbocycles. The van der Waals surface area contributed by atoms with Gasteiger partial charge in [0.05, 0.1) is 36.7 Å². The molecule has 39 heavy (non-hydrogen) atoms. The Hall–Kier alpha value is -5.18. The zero-order chi connectivity index (χ0) is 27.5. The Morgan fingerprint density at radius 1 is 1.05 bits per heavy atom. The second-order valence-corrected chi connectivity index (χ2v) is 8.59. The molecule has 0 spiro atoms. The van der Waals surface area contributed by atoms with Crippen molar-refractivity contribution < 1.29 is 23.4 Å². The average Bonchev–Trinajstić information content (AvgIpc) is 3.38. The maximum atomic E-state index is 13.6. The second-order valence-electron chi connectivity index (χ2n) is 8.59. The molecule has 3 aromatic carbocycles. The van der Waals surface area contributed by atoms with Gasteiger partial charge in [0.15, 0.2) is 17.3 Å². The highest BCUT2D eigenvalue weighted by atomic mass is 16.6. The summed E-state index contributed by atoms with van der Waals surface area (Å²) in [6.45, 7) is 5.10. The van der Waals surface area contributed by atoms with E-state index >= 15 is 0 Å². The minimum absolute atomic E-state index is 0.225. The number of hydrogen-bond donors (Lipinski definition) is 0. The highest BCUT2D eigenvalue weighted by Crippen LogP contribution is 2.34. The molecule has 196 valence electrons. The van der Waals surface area contributed by atoms with Crippen LogP contribution in [0.3, 0.4) is 0 Å². The molecule has 0 atom stereocenters. The molecule has 0 aliphatic heterocycles. The van der Waals surface area contributed by atoms with E-state index in [1.807, 2.05) is 24.3 Å². The Morgan fingerprint density at radius 3 is 2.59 bits per heavy atom. The zero-order valence-corrected chi connectivity index (χ0v) is 21.6. The minimum atomic E-state index is -0.471. The molecule has 0 fully saturated rings. The third-order valence-electron chi connectivity index (χ3n) is 6.02. The summed E-state index contributed by atoms with van der Waals surface area (Å²) in [4.78, 5) is 30.0. The average molecular weight is 524 g/mol. The van der Waals surface area contributed by atoms with Gasteiger partial charge in [-0.05, 0) is 54.4 Å². The molecule has 0 N–H and O–H groups in total. The summed E-state index contributed by atoms with van der Waals surface area (Å²) in [6.07, 6.45) is 3.62. The van der Waals surface area contributed by atoms with Crippen molar-refractivity contribution in [2.24, 2.45) is 5.10 Å². The van der Waals surface area contributed by atoms with Crippen molar-refractivity contribution in [3.05, 3.63) is 94.8 Å². The SMILES string of the molecule is C=CCc1cc(C=Nn2c(-c3cc4c(OC)cccc4o3)nc3ccccc3c2=O)cc(OC)c1OC(C)=O. The smallest absolute Gasteiger partial charge is 0.308 e. The third-order valence-corrected chi connectivity index (χ3v) is 6.02. The van der Waals surface area contributed by atoms with Crippen molar-refractivity contribution in [3.63, 3.8) is 0 Å². The van der Waals surface area contributed by atoms with Crippen LogP contribution in [0.4, 0.5) is 0 Å². The topological polar surface area (TPSA) is 105 Å². The summed E-state index contributed by atoms with van der Waals surface area (Å²) in [6, 6.07) is 17.7. The van der Waals surface area contributed by atoms with Crippen LogP contribution in [-0.2, 0) is 11.2 Å². The van der Waals surface area contributed by atoms with E-state index in [9.17, 15) is 9.59 Å². The molecule has 0 amide bonds. The van der Waals surface area contributed by atoms with Crippen LogP contribution in [0, 0.1) is 0 Å². The van der Waals surface area contributed by atoms with Gasteiger partial charge in [-0.15, -0.1) is 6.58 Å². The van der Waals surface area contributed by atoms with Crippen LogP contribution >= 0.6 is 0 Å². The lowest BCUT2D eigenvalue weighted by atomic mass is 10.1. The number of benzene rings is 3. The summed E-state index contributed by atoms with van der Waals surface area (Å²) in [5.74, 6) is 1.40. The summed E-state index contributed by atoms with van der Waals surface area (Å²) < 4.78 is 23.6. The normalized spacial score (nSPS) is 11.3. The van der Waals surface area contributed by atoms with Gasteiger partial charge in [0.2, 0.25) is 5.82 Å². The maximum absolute atomic E-state index is 13.6. The number of aromatic nitrogens is 2. The number of rotatable bonds is 8. The van der Waals surface area contributed by atoms with E-state index in [2.05, 4.69) is 11.7 Å². The number of esters is 1. The Bertz CT molecular complexity index is 1820. The Labute approximate surface area is 223 Å². The molecule has 2 aromatic heterocycles. The molecule has 0 saturated heterocycles. The first-order valence-electron chi connectivity index (χ1n) is 12.1. The molecular weight excluding hydrogens is 498 g/mol. The van der Waals surface area contributed by atoms with Gasteiger partial charge >= 0.3 is 5.97 Å². The van der Waals surface area contributed by atoms with Gasteiger partial charge in [0.1, 0.15) is 11.3 Å². The van der Waals surface area contributed by atoms with Gasteiger partial charge in [-0.3, -0.25) is 9.59 Å². The Kier molecular flexibility index (Phi) is 6.96. The molecule has 0 bridgehead atoms. The first-order chi connectivity index (χ1) is 18.9. The monoisotopic (exact) mass is 523 g/mol. The third kappa shape index (κ3) is 4.89. The van der Waals surface area contributed by atoms with Gasteiger partial charge in [0, 0.05) is 12.5 Å². The first-order valence-corrected chi connectivity index (χ1v) is 12.1. The highest BCUT2D eigenvalue weighted by molar-refractivity contribution is 5.89. The van der Waals surface area contributed by atoms with Crippen LogP contribution in [0.25, 0.3) is 33.5 Å². The maximum Gasteiger partial charge on any atom is 0.308 e. The number of nitrogens with zero attached hydrogens (tertiary/aromatic N) is 3. The fraction of sp³-hybridized carbons (Fsp3) is 0.133. The Morgan fingerprint density at radius 2 is 1.85 bits per heavy atom. The number of hydrogen-bond acceptors (Lipinski definition) is 8. The fourth-order valence-corrected chi connectivity index (χ4v) is 4.31. The van der Waals surface area contributed by atoms with E-state index in [0.29, 0.717) is 57.0 Å². The number of fused-ring (bicyclic) bond motifs is 2. The number of methoxy groups -OCH3 is 2. The summed E-state index contributed by atoms with van der Waals surface area (Å²) in [7, 11) is 3.06. The molecule has 0 radical (unpaired) electrons. The van der Waals surface area contributed by atoms with Gasteiger partial charge in [-0.25, -0.2) is 4.98 Å². The van der Waals surface area contributed by atoms with Gasteiger partial charge in [-0.2, -0.15) is 9.78 Å². The predicted molar refractivity (Wildman–Crippen MR) is 149 cm³/mol.